The van der Waals surface area contributed by atoms with Crippen molar-refractivity contribution in [2.45, 2.75) is 6.42 Å². The number of aromatic nitrogens is 1. The minimum atomic E-state index is -0.555. The number of rotatable bonds is 4. The van der Waals surface area contributed by atoms with Crippen LogP contribution in [-0.2, 0) is 18.3 Å². The lowest BCUT2D eigenvalue weighted by Crippen LogP contribution is -2.43. The summed E-state index contributed by atoms with van der Waals surface area (Å²) in [6.45, 7) is 0. The largest absolute Gasteiger partial charge is 0.345 e. The first-order valence-electron chi connectivity index (χ1n) is 6.52. The van der Waals surface area contributed by atoms with Crippen LogP contribution in [0.3, 0.4) is 0 Å². The number of nitrogens with zero attached hydrogens (tertiary/aromatic N) is 2. The van der Waals surface area contributed by atoms with Crippen molar-refractivity contribution in [2.75, 3.05) is 0 Å². The summed E-state index contributed by atoms with van der Waals surface area (Å²) in [7, 11) is 1.69. The number of carbonyl (C=O) groups excluding carboxylic acids is 2. The average Bonchev–Trinajstić information content (AvgIpc) is 2.84. The summed E-state index contributed by atoms with van der Waals surface area (Å²) in [5.74, 6) is -1.05. The molecule has 120 valence electrons. The van der Waals surface area contributed by atoms with Gasteiger partial charge in [0.05, 0.1) is 11.3 Å². The Balaban J connectivity index is 1.97. The van der Waals surface area contributed by atoms with Crippen LogP contribution in [0.4, 0.5) is 5.69 Å². The van der Waals surface area contributed by atoms with Gasteiger partial charge in [0, 0.05) is 29.3 Å². The van der Waals surface area contributed by atoms with Gasteiger partial charge in [0.1, 0.15) is 5.69 Å². The van der Waals surface area contributed by atoms with Gasteiger partial charge in [0.2, 0.25) is 5.91 Å². The second-order valence-corrected chi connectivity index (χ2v) is 5.64. The molecule has 1 heterocycles. The van der Waals surface area contributed by atoms with Crippen molar-refractivity contribution in [3.63, 3.8) is 0 Å². The van der Waals surface area contributed by atoms with E-state index in [4.69, 9.17) is 0 Å². The smallest absolute Gasteiger partial charge is 0.286 e. The molecule has 0 atom stereocenters. The standard InChI is InChI=1S/C14H13BrN4O4/c1-18-8-10(15)7-12(18)14(21)17-16-13(20)6-9-4-2-3-5-11(9)19(22)23/h2-5,7-8H,6H2,1H3,(H,16,20)(H,17,21). The SMILES string of the molecule is Cn1cc(Br)cc1C(=O)NNC(=O)Cc1ccccc1[N+](=O)[O-]. The molecule has 2 N–H and O–H groups in total. The molecular formula is C14H13BrN4O4. The van der Waals surface area contributed by atoms with E-state index in [0.29, 0.717) is 5.69 Å². The van der Waals surface area contributed by atoms with E-state index in [1.54, 1.807) is 29.9 Å². The number of nitrogens with one attached hydrogen (secondary N) is 2. The highest BCUT2D eigenvalue weighted by molar-refractivity contribution is 9.10. The third kappa shape index (κ3) is 4.16. The van der Waals surface area contributed by atoms with Crippen LogP contribution in [-0.4, -0.2) is 21.3 Å². The first-order chi connectivity index (χ1) is 10.9. The molecule has 0 spiro atoms. The Labute approximate surface area is 139 Å². The molecule has 0 aliphatic heterocycles. The van der Waals surface area contributed by atoms with Crippen LogP contribution in [0.5, 0.6) is 0 Å². The lowest BCUT2D eigenvalue weighted by atomic mass is 10.1. The molecule has 1 aromatic carbocycles. The van der Waals surface area contributed by atoms with Crippen LogP contribution in [0.15, 0.2) is 41.0 Å². The summed E-state index contributed by atoms with van der Waals surface area (Å²) in [4.78, 5) is 34.1. The third-order valence-corrected chi connectivity index (χ3v) is 3.49. The van der Waals surface area contributed by atoms with E-state index in [-0.39, 0.29) is 17.7 Å². The maximum atomic E-state index is 11.9. The van der Waals surface area contributed by atoms with E-state index in [1.165, 1.54) is 18.2 Å². The molecule has 0 saturated carbocycles. The zero-order chi connectivity index (χ0) is 17.0. The van der Waals surface area contributed by atoms with E-state index >= 15 is 0 Å². The second kappa shape index (κ2) is 7.05. The van der Waals surface area contributed by atoms with Gasteiger partial charge >= 0.3 is 0 Å². The summed E-state index contributed by atoms with van der Waals surface area (Å²) in [5.41, 5.74) is 4.99. The zero-order valence-corrected chi connectivity index (χ0v) is 13.7. The Morgan fingerprint density at radius 1 is 1.30 bits per heavy atom. The topological polar surface area (TPSA) is 106 Å². The van der Waals surface area contributed by atoms with Crippen molar-refractivity contribution < 1.29 is 14.5 Å². The normalized spacial score (nSPS) is 10.2. The highest BCUT2D eigenvalue weighted by Crippen LogP contribution is 2.18. The number of hydrogen-bond donors (Lipinski definition) is 2. The van der Waals surface area contributed by atoms with Gasteiger partial charge < -0.3 is 4.57 Å². The fourth-order valence-electron chi connectivity index (χ4n) is 2.00. The number of nitro benzene ring substituents is 1. The van der Waals surface area contributed by atoms with Crippen molar-refractivity contribution in [1.82, 2.24) is 15.4 Å². The number of halogens is 1. The average molecular weight is 381 g/mol. The molecule has 0 radical (unpaired) electrons. The van der Waals surface area contributed by atoms with E-state index in [2.05, 4.69) is 26.8 Å². The van der Waals surface area contributed by atoms with Crippen LogP contribution >= 0.6 is 15.9 Å². The molecule has 0 fully saturated rings. The van der Waals surface area contributed by atoms with Crippen molar-refractivity contribution in [3.8, 4) is 0 Å². The van der Waals surface area contributed by atoms with Crippen molar-refractivity contribution >= 4 is 33.4 Å². The Bertz CT molecular complexity index is 772. The first kappa shape index (κ1) is 16.7. The number of hydrazine groups is 1. The number of aryl methyl sites for hydroxylation is 1. The maximum absolute atomic E-state index is 11.9. The highest BCUT2D eigenvalue weighted by Gasteiger charge is 2.16. The van der Waals surface area contributed by atoms with Gasteiger partial charge in [-0.05, 0) is 22.0 Å². The molecule has 0 bridgehead atoms. The summed E-state index contributed by atoms with van der Waals surface area (Å²) in [6, 6.07) is 7.55. The van der Waals surface area contributed by atoms with Crippen molar-refractivity contribution in [1.29, 1.82) is 0 Å². The Kier molecular flexibility index (Phi) is 5.12. The number of benzene rings is 1. The van der Waals surface area contributed by atoms with Gasteiger partial charge in [-0.25, -0.2) is 0 Å². The summed E-state index contributed by atoms with van der Waals surface area (Å²) in [6.07, 6.45) is 1.48. The lowest BCUT2D eigenvalue weighted by molar-refractivity contribution is -0.385. The summed E-state index contributed by atoms with van der Waals surface area (Å²) >= 11 is 3.25. The molecular weight excluding hydrogens is 368 g/mol. The van der Waals surface area contributed by atoms with Crippen LogP contribution in [0, 0.1) is 10.1 Å². The predicted molar refractivity (Wildman–Crippen MR) is 85.5 cm³/mol. The van der Waals surface area contributed by atoms with Gasteiger partial charge in [-0.15, -0.1) is 0 Å². The van der Waals surface area contributed by atoms with Crippen LogP contribution < -0.4 is 10.9 Å². The first-order valence-corrected chi connectivity index (χ1v) is 7.31. The van der Waals surface area contributed by atoms with E-state index in [1.807, 2.05) is 0 Å². The zero-order valence-electron chi connectivity index (χ0n) is 12.1. The fraction of sp³-hybridized carbons (Fsp3) is 0.143. The molecule has 8 nitrogen and oxygen atoms in total. The molecule has 2 aromatic rings. The molecule has 0 aliphatic carbocycles. The monoisotopic (exact) mass is 380 g/mol. The quantitative estimate of drug-likeness (QED) is 0.621. The maximum Gasteiger partial charge on any atom is 0.286 e. The summed E-state index contributed by atoms with van der Waals surface area (Å²) < 4.78 is 2.32. The number of carbonyl (C=O) groups is 2. The molecule has 23 heavy (non-hydrogen) atoms. The van der Waals surface area contributed by atoms with Gasteiger partial charge in [-0.3, -0.25) is 30.6 Å². The third-order valence-electron chi connectivity index (χ3n) is 3.06. The molecule has 0 saturated heterocycles. The molecule has 1 aromatic heterocycles. The van der Waals surface area contributed by atoms with E-state index in [9.17, 15) is 19.7 Å². The Hall–Kier alpha value is -2.68. The van der Waals surface area contributed by atoms with Crippen molar-refractivity contribution in [2.24, 2.45) is 7.05 Å². The summed E-state index contributed by atoms with van der Waals surface area (Å²) in [5, 5.41) is 10.9. The Morgan fingerprint density at radius 2 is 2.00 bits per heavy atom. The molecule has 2 rings (SSSR count). The minimum Gasteiger partial charge on any atom is -0.345 e. The highest BCUT2D eigenvalue weighted by atomic mass is 79.9. The number of hydrogen-bond acceptors (Lipinski definition) is 4. The van der Waals surface area contributed by atoms with Gasteiger partial charge in [-0.2, -0.15) is 0 Å². The number of nitro groups is 1. The van der Waals surface area contributed by atoms with Gasteiger partial charge in [-0.1, -0.05) is 18.2 Å². The molecule has 0 aliphatic rings. The van der Waals surface area contributed by atoms with Gasteiger partial charge in [0.25, 0.3) is 11.6 Å². The molecule has 0 unspecified atom stereocenters. The number of amides is 2. The van der Waals surface area contributed by atoms with Crippen LogP contribution in [0.2, 0.25) is 0 Å². The minimum absolute atomic E-state index is 0.139. The Morgan fingerprint density at radius 3 is 2.61 bits per heavy atom. The lowest BCUT2D eigenvalue weighted by Gasteiger charge is -2.08. The van der Waals surface area contributed by atoms with E-state index in [0.717, 1.165) is 4.47 Å². The number of para-hydroxylation sites is 1. The fourth-order valence-corrected chi connectivity index (χ4v) is 2.52. The van der Waals surface area contributed by atoms with Crippen LogP contribution in [0.1, 0.15) is 16.1 Å². The van der Waals surface area contributed by atoms with Crippen molar-refractivity contribution in [3.05, 3.63) is 62.4 Å². The van der Waals surface area contributed by atoms with Gasteiger partial charge in [0.15, 0.2) is 0 Å². The molecule has 2 amide bonds. The van der Waals surface area contributed by atoms with E-state index < -0.39 is 16.7 Å². The molecule has 9 heteroatoms. The van der Waals surface area contributed by atoms with Crippen LogP contribution in [0.25, 0.3) is 0 Å². The second-order valence-electron chi connectivity index (χ2n) is 4.72. The predicted octanol–water partition coefficient (Wildman–Crippen LogP) is 1.70.